The predicted molar refractivity (Wildman–Crippen MR) is 164 cm³/mol. The van der Waals surface area contributed by atoms with Crippen LogP contribution in [0.4, 0.5) is 0 Å². The van der Waals surface area contributed by atoms with Crippen molar-refractivity contribution in [1.82, 2.24) is 0 Å². The molecule has 3 aromatic heterocycles. The van der Waals surface area contributed by atoms with Gasteiger partial charge in [0.15, 0.2) is 0 Å². The number of phenols is 2. The summed E-state index contributed by atoms with van der Waals surface area (Å²) < 4.78 is 16.1. The maximum atomic E-state index is 13.5. The summed E-state index contributed by atoms with van der Waals surface area (Å²) in [6.07, 6.45) is 0. The van der Waals surface area contributed by atoms with Crippen molar-refractivity contribution in [2.24, 2.45) is 0 Å². The lowest BCUT2D eigenvalue weighted by atomic mass is 9.88. The Morgan fingerprint density at radius 3 is 1.09 bits per heavy atom. The standard InChI is InChI=1S/C33H17ClO11/c34-25-21(24-28(37)15-9-3-6-12-18(15)45-33(24)42)29(38)19(22-26(35)13-7-1-4-10-16(13)43-31(22)40)20(30(25)39)23-27(36)14-8-2-5-11-17(14)44-32(23)41/h1-12,35-39H. The van der Waals surface area contributed by atoms with Gasteiger partial charge in [0, 0.05) is 11.1 Å². The van der Waals surface area contributed by atoms with E-state index in [-0.39, 0.29) is 32.9 Å². The van der Waals surface area contributed by atoms with Crippen LogP contribution < -0.4 is 16.9 Å². The van der Waals surface area contributed by atoms with Crippen LogP contribution in [-0.4, -0.2) is 25.5 Å². The molecular weight excluding hydrogens is 608 g/mol. The number of phenolic OH excluding ortho intramolecular Hbond substituents is 2. The van der Waals surface area contributed by atoms with Crippen LogP contribution >= 0.6 is 11.6 Å². The normalized spacial score (nSPS) is 11.5. The van der Waals surface area contributed by atoms with E-state index in [0.29, 0.717) is 0 Å². The number of rotatable bonds is 3. The zero-order valence-electron chi connectivity index (χ0n) is 22.5. The highest BCUT2D eigenvalue weighted by Gasteiger charge is 2.35. The third-order valence-electron chi connectivity index (χ3n) is 7.50. The monoisotopic (exact) mass is 624 g/mol. The van der Waals surface area contributed by atoms with Gasteiger partial charge >= 0.3 is 16.9 Å². The lowest BCUT2D eigenvalue weighted by Gasteiger charge is -2.20. The molecule has 0 bridgehead atoms. The Bertz CT molecular complexity index is 2580. The van der Waals surface area contributed by atoms with Crippen LogP contribution in [0.3, 0.4) is 0 Å². The van der Waals surface area contributed by atoms with Gasteiger partial charge in [0.1, 0.15) is 62.2 Å². The highest BCUT2D eigenvalue weighted by molar-refractivity contribution is 6.36. The summed E-state index contributed by atoms with van der Waals surface area (Å²) in [4.78, 5) is 40.1. The first-order chi connectivity index (χ1) is 21.6. The Labute approximate surface area is 254 Å². The molecule has 3 heterocycles. The summed E-state index contributed by atoms with van der Waals surface area (Å²) in [5.41, 5.74) is -8.16. The van der Waals surface area contributed by atoms with Crippen molar-refractivity contribution in [2.45, 2.75) is 0 Å². The average molecular weight is 625 g/mol. The van der Waals surface area contributed by atoms with Crippen LogP contribution in [0.25, 0.3) is 66.3 Å². The van der Waals surface area contributed by atoms with Gasteiger partial charge in [-0.25, -0.2) is 14.4 Å². The predicted octanol–water partition coefficient (Wildman–Crippen LogP) is 6.19. The number of benzene rings is 4. The van der Waals surface area contributed by atoms with Crippen molar-refractivity contribution in [3.05, 3.63) is 109 Å². The third-order valence-corrected chi connectivity index (χ3v) is 7.86. The molecule has 0 aliphatic rings. The molecule has 0 fully saturated rings. The zero-order valence-corrected chi connectivity index (χ0v) is 23.2. The summed E-state index contributed by atoms with van der Waals surface area (Å²) in [6.45, 7) is 0. The molecule has 12 heteroatoms. The molecule has 7 rings (SSSR count). The number of halogens is 1. The van der Waals surface area contributed by atoms with Crippen LogP contribution in [0, 0.1) is 0 Å². The molecule has 222 valence electrons. The van der Waals surface area contributed by atoms with Crippen LogP contribution in [0.5, 0.6) is 28.7 Å². The van der Waals surface area contributed by atoms with E-state index >= 15 is 0 Å². The van der Waals surface area contributed by atoms with Gasteiger partial charge in [-0.2, -0.15) is 0 Å². The van der Waals surface area contributed by atoms with E-state index in [1.807, 2.05) is 0 Å². The van der Waals surface area contributed by atoms with Crippen LogP contribution in [0.1, 0.15) is 0 Å². The summed E-state index contributed by atoms with van der Waals surface area (Å²) in [6, 6.07) is 17.7. The van der Waals surface area contributed by atoms with Gasteiger partial charge < -0.3 is 38.8 Å². The first kappa shape index (κ1) is 27.6. The second kappa shape index (κ2) is 9.93. The maximum Gasteiger partial charge on any atom is 0.348 e. The third kappa shape index (κ3) is 3.95. The first-order valence-corrected chi connectivity index (χ1v) is 13.5. The molecule has 4 aromatic carbocycles. The van der Waals surface area contributed by atoms with Gasteiger partial charge in [-0.3, -0.25) is 0 Å². The Kier molecular flexibility index (Phi) is 6.10. The molecular formula is C33H17ClO11. The molecule has 0 unspecified atom stereocenters. The first-order valence-electron chi connectivity index (χ1n) is 13.1. The minimum absolute atomic E-state index is 0.00345. The second-order valence-corrected chi connectivity index (χ2v) is 10.3. The SMILES string of the molecule is O=c1oc2ccccc2c(O)c1-c1c(O)c(-c2c(O)c3ccccc3oc2=O)c(-c2c(O)c3ccccc3oc2=O)c(O)c1Cl. The quantitative estimate of drug-likeness (QED) is 0.111. The molecule has 0 aliphatic carbocycles. The summed E-state index contributed by atoms with van der Waals surface area (Å²) >= 11 is 6.56. The molecule has 5 N–H and O–H groups in total. The molecule has 11 nitrogen and oxygen atoms in total. The minimum atomic E-state index is -1.24. The fourth-order valence-electron chi connectivity index (χ4n) is 5.47. The number of hydrogen-bond donors (Lipinski definition) is 5. The van der Waals surface area contributed by atoms with Crippen molar-refractivity contribution < 1.29 is 38.8 Å². The Balaban J connectivity index is 1.71. The maximum absolute atomic E-state index is 13.5. The molecule has 0 saturated heterocycles. The van der Waals surface area contributed by atoms with Gasteiger partial charge in [-0.15, -0.1) is 0 Å². The number of fused-ring (bicyclic) bond motifs is 3. The Morgan fingerprint density at radius 2 is 0.711 bits per heavy atom. The molecule has 0 radical (unpaired) electrons. The zero-order chi connectivity index (χ0) is 31.7. The molecule has 0 atom stereocenters. The van der Waals surface area contributed by atoms with Crippen LogP contribution in [0.2, 0.25) is 5.02 Å². The Hall–Kier alpha value is -6.20. The van der Waals surface area contributed by atoms with Crippen molar-refractivity contribution in [1.29, 1.82) is 0 Å². The van der Waals surface area contributed by atoms with Gasteiger partial charge in [-0.1, -0.05) is 48.0 Å². The largest absolute Gasteiger partial charge is 0.507 e. The topological polar surface area (TPSA) is 192 Å². The van der Waals surface area contributed by atoms with Crippen LogP contribution in [-0.2, 0) is 0 Å². The molecule has 0 aliphatic heterocycles. The van der Waals surface area contributed by atoms with Gasteiger partial charge in [0.05, 0.1) is 26.7 Å². The average Bonchev–Trinajstić information content (AvgIpc) is 3.02. The molecule has 45 heavy (non-hydrogen) atoms. The lowest BCUT2D eigenvalue weighted by molar-refractivity contribution is 0.452. The molecule has 0 amide bonds. The minimum Gasteiger partial charge on any atom is -0.507 e. The number of hydrogen-bond acceptors (Lipinski definition) is 11. The second-order valence-electron chi connectivity index (χ2n) is 9.96. The van der Waals surface area contributed by atoms with Crippen molar-refractivity contribution >= 4 is 44.5 Å². The number of para-hydroxylation sites is 3. The fraction of sp³-hybridized carbons (Fsp3) is 0. The highest BCUT2D eigenvalue weighted by Crippen LogP contribution is 2.57. The van der Waals surface area contributed by atoms with Crippen molar-refractivity contribution in [3.63, 3.8) is 0 Å². The molecule has 7 aromatic rings. The number of aromatic hydroxyl groups is 5. The summed E-state index contributed by atoms with van der Waals surface area (Å²) in [7, 11) is 0. The summed E-state index contributed by atoms with van der Waals surface area (Å²) in [5, 5.41) is 56.6. The van der Waals surface area contributed by atoms with Crippen molar-refractivity contribution in [2.75, 3.05) is 0 Å². The lowest BCUT2D eigenvalue weighted by Crippen LogP contribution is -2.10. The van der Waals surface area contributed by atoms with E-state index < -0.39 is 84.0 Å². The van der Waals surface area contributed by atoms with E-state index in [1.165, 1.54) is 48.5 Å². The van der Waals surface area contributed by atoms with Crippen LogP contribution in [0.15, 0.2) is 100 Å². The molecule has 0 spiro atoms. The van der Waals surface area contributed by atoms with E-state index in [9.17, 15) is 39.9 Å². The van der Waals surface area contributed by atoms with E-state index in [4.69, 9.17) is 24.9 Å². The van der Waals surface area contributed by atoms with Gasteiger partial charge in [-0.05, 0) is 36.4 Å². The van der Waals surface area contributed by atoms with E-state index in [2.05, 4.69) is 0 Å². The van der Waals surface area contributed by atoms with E-state index in [0.717, 1.165) is 0 Å². The van der Waals surface area contributed by atoms with Crippen molar-refractivity contribution in [3.8, 4) is 62.1 Å². The van der Waals surface area contributed by atoms with Gasteiger partial charge in [0.25, 0.3) is 0 Å². The smallest absolute Gasteiger partial charge is 0.348 e. The summed E-state index contributed by atoms with van der Waals surface area (Å²) in [5.74, 6) is -4.25. The van der Waals surface area contributed by atoms with Gasteiger partial charge in [0.2, 0.25) is 0 Å². The highest BCUT2D eigenvalue weighted by atomic mass is 35.5. The molecule has 0 saturated carbocycles. The fourth-order valence-corrected chi connectivity index (χ4v) is 5.75. The van der Waals surface area contributed by atoms with E-state index in [1.54, 1.807) is 24.3 Å². The Morgan fingerprint density at radius 1 is 0.400 bits per heavy atom.